The molecule has 94 valence electrons. The lowest BCUT2D eigenvalue weighted by molar-refractivity contribution is -0.124. The van der Waals surface area contributed by atoms with Crippen LogP contribution in [0.3, 0.4) is 0 Å². The highest BCUT2D eigenvalue weighted by molar-refractivity contribution is 9.10. The Kier molecular flexibility index (Phi) is 5.61. The molecule has 0 aliphatic carbocycles. The Hall–Kier alpha value is -0.910. The number of carbonyl (C=O) groups is 1. The van der Waals surface area contributed by atoms with E-state index in [1.54, 1.807) is 0 Å². The van der Waals surface area contributed by atoms with Crippen LogP contribution in [0.1, 0.15) is 18.5 Å². The summed E-state index contributed by atoms with van der Waals surface area (Å²) in [6.45, 7) is 2.13. The minimum Gasteiger partial charge on any atom is -0.383 e. The number of benzene rings is 1. The first-order chi connectivity index (χ1) is 8.06. The molecular weight excluding hydrogens is 284 g/mol. The van der Waals surface area contributed by atoms with Crippen LogP contribution in [0.5, 0.6) is 0 Å². The van der Waals surface area contributed by atoms with Gasteiger partial charge in [-0.2, -0.15) is 0 Å². The summed E-state index contributed by atoms with van der Waals surface area (Å²) >= 11 is 3.45. The zero-order valence-corrected chi connectivity index (χ0v) is 11.5. The molecule has 0 bridgehead atoms. The summed E-state index contributed by atoms with van der Waals surface area (Å²) in [6, 6.07) is 7.02. The summed E-state index contributed by atoms with van der Waals surface area (Å²) in [7, 11) is 1.52. The maximum absolute atomic E-state index is 11.7. The molecule has 1 aromatic carbocycles. The third-order valence-corrected chi connectivity index (χ3v) is 3.14. The van der Waals surface area contributed by atoms with Crippen molar-refractivity contribution in [1.29, 1.82) is 0 Å². The maximum atomic E-state index is 11.7. The second kappa shape index (κ2) is 6.74. The molecule has 0 radical (unpaired) electrons. The summed E-state index contributed by atoms with van der Waals surface area (Å²) in [5.74, 6) is -0.213. The first kappa shape index (κ1) is 14.2. The number of amides is 1. The number of methoxy groups -OCH3 is 1. The van der Waals surface area contributed by atoms with Crippen LogP contribution in [0.2, 0.25) is 0 Å². The van der Waals surface area contributed by atoms with Gasteiger partial charge in [-0.25, -0.2) is 0 Å². The van der Waals surface area contributed by atoms with Crippen molar-refractivity contribution in [2.45, 2.75) is 19.0 Å². The molecule has 4 nitrogen and oxygen atoms in total. The number of rotatable bonds is 5. The van der Waals surface area contributed by atoms with Crippen LogP contribution >= 0.6 is 15.9 Å². The third-order valence-electron chi connectivity index (χ3n) is 2.41. The zero-order chi connectivity index (χ0) is 12.8. The molecule has 0 saturated carbocycles. The Balaban J connectivity index is 2.63. The first-order valence-electron chi connectivity index (χ1n) is 5.35. The predicted octanol–water partition coefficient (Wildman–Crippen LogP) is 1.60. The molecule has 1 unspecified atom stereocenters. The highest BCUT2D eigenvalue weighted by atomic mass is 79.9. The van der Waals surface area contributed by atoms with Crippen LogP contribution in [0.15, 0.2) is 28.7 Å². The van der Waals surface area contributed by atoms with Crippen molar-refractivity contribution >= 4 is 21.8 Å². The number of ether oxygens (including phenoxy) is 1. The number of halogens is 1. The van der Waals surface area contributed by atoms with Gasteiger partial charge in [0.2, 0.25) is 5.91 Å². The molecular formula is C12H17BrN2O2. The van der Waals surface area contributed by atoms with Gasteiger partial charge in [0.05, 0.1) is 12.6 Å². The Morgan fingerprint density at radius 3 is 2.76 bits per heavy atom. The Morgan fingerprint density at radius 1 is 1.53 bits per heavy atom. The molecule has 0 heterocycles. The van der Waals surface area contributed by atoms with Gasteiger partial charge >= 0.3 is 0 Å². The Labute approximate surface area is 110 Å². The van der Waals surface area contributed by atoms with Crippen LogP contribution in [0.25, 0.3) is 0 Å². The average Bonchev–Trinajstić information content (AvgIpc) is 2.29. The first-order valence-corrected chi connectivity index (χ1v) is 6.15. The van der Waals surface area contributed by atoms with Crippen LogP contribution in [-0.2, 0) is 9.53 Å². The number of hydrogen-bond acceptors (Lipinski definition) is 3. The summed E-state index contributed by atoms with van der Waals surface area (Å²) in [5.41, 5.74) is 6.66. The lowest BCUT2D eigenvalue weighted by Gasteiger charge is -2.18. The van der Waals surface area contributed by atoms with E-state index in [9.17, 15) is 4.79 Å². The lowest BCUT2D eigenvalue weighted by Crippen LogP contribution is -2.44. The maximum Gasteiger partial charge on any atom is 0.239 e. The fourth-order valence-electron chi connectivity index (χ4n) is 1.48. The molecule has 1 aromatic rings. The molecule has 3 N–H and O–H groups in total. The second-order valence-electron chi connectivity index (χ2n) is 3.81. The smallest absolute Gasteiger partial charge is 0.239 e. The predicted molar refractivity (Wildman–Crippen MR) is 70.6 cm³/mol. The summed E-state index contributed by atoms with van der Waals surface area (Å²) in [6.07, 6.45) is 0. The van der Waals surface area contributed by atoms with Crippen LogP contribution in [0, 0.1) is 0 Å². The fourth-order valence-corrected chi connectivity index (χ4v) is 2.11. The van der Waals surface area contributed by atoms with E-state index in [0.717, 1.165) is 10.0 Å². The number of nitrogens with two attached hydrogens (primary N) is 1. The van der Waals surface area contributed by atoms with Gasteiger partial charge in [-0.05, 0) is 18.6 Å². The lowest BCUT2D eigenvalue weighted by atomic mass is 10.1. The van der Waals surface area contributed by atoms with Gasteiger partial charge in [0.25, 0.3) is 0 Å². The van der Waals surface area contributed by atoms with Gasteiger partial charge in [0, 0.05) is 11.6 Å². The topological polar surface area (TPSA) is 64.3 Å². The molecule has 0 spiro atoms. The van der Waals surface area contributed by atoms with Crippen LogP contribution in [-0.4, -0.2) is 25.7 Å². The zero-order valence-electron chi connectivity index (χ0n) is 9.94. The van der Waals surface area contributed by atoms with Crippen molar-refractivity contribution in [3.63, 3.8) is 0 Å². The normalized spacial score (nSPS) is 14.1. The van der Waals surface area contributed by atoms with Gasteiger partial charge in [-0.1, -0.05) is 34.1 Å². The quantitative estimate of drug-likeness (QED) is 0.868. The third kappa shape index (κ3) is 4.11. The van der Waals surface area contributed by atoms with Gasteiger partial charge in [-0.3, -0.25) is 4.79 Å². The van der Waals surface area contributed by atoms with Crippen LogP contribution < -0.4 is 11.1 Å². The summed E-state index contributed by atoms with van der Waals surface area (Å²) in [4.78, 5) is 11.7. The molecule has 0 aliphatic rings. The molecule has 0 saturated heterocycles. The monoisotopic (exact) mass is 300 g/mol. The van der Waals surface area contributed by atoms with Gasteiger partial charge in [0.15, 0.2) is 0 Å². The minimum absolute atomic E-state index is 0.0963. The standard InChI is InChI=1S/C12H17BrN2O2/c1-8(9-5-3-4-6-10(9)13)15-12(16)11(14)7-17-2/h3-6,8,11H,7,14H2,1-2H3,(H,15,16)/t8-,11?/m0/s1. The molecule has 1 amide bonds. The van der Waals surface area contributed by atoms with E-state index in [-0.39, 0.29) is 18.6 Å². The van der Waals surface area contributed by atoms with Crippen molar-refractivity contribution in [3.05, 3.63) is 34.3 Å². The molecule has 1 rings (SSSR count). The summed E-state index contributed by atoms with van der Waals surface area (Å²) < 4.78 is 5.81. The van der Waals surface area contributed by atoms with E-state index in [1.165, 1.54) is 7.11 Å². The van der Waals surface area contributed by atoms with Gasteiger partial charge in [-0.15, -0.1) is 0 Å². The van der Waals surface area contributed by atoms with E-state index < -0.39 is 6.04 Å². The Bertz CT molecular complexity index is 385. The fraction of sp³-hybridized carbons (Fsp3) is 0.417. The second-order valence-corrected chi connectivity index (χ2v) is 4.67. The van der Waals surface area contributed by atoms with Crippen molar-refractivity contribution in [2.24, 2.45) is 5.73 Å². The number of nitrogens with one attached hydrogen (secondary N) is 1. The highest BCUT2D eigenvalue weighted by Gasteiger charge is 2.17. The highest BCUT2D eigenvalue weighted by Crippen LogP contribution is 2.22. The van der Waals surface area contributed by atoms with Gasteiger partial charge < -0.3 is 15.8 Å². The minimum atomic E-state index is -0.634. The van der Waals surface area contributed by atoms with E-state index >= 15 is 0 Å². The summed E-state index contributed by atoms with van der Waals surface area (Å²) in [5, 5.41) is 2.85. The number of carbonyl (C=O) groups excluding carboxylic acids is 1. The Morgan fingerprint density at radius 2 is 2.18 bits per heavy atom. The molecule has 0 aliphatic heterocycles. The molecule has 0 aromatic heterocycles. The van der Waals surface area contributed by atoms with Crippen molar-refractivity contribution in [1.82, 2.24) is 5.32 Å². The van der Waals surface area contributed by atoms with Crippen molar-refractivity contribution < 1.29 is 9.53 Å². The number of hydrogen-bond donors (Lipinski definition) is 2. The van der Waals surface area contributed by atoms with E-state index in [1.807, 2.05) is 31.2 Å². The molecule has 0 fully saturated rings. The van der Waals surface area contributed by atoms with Crippen molar-refractivity contribution in [2.75, 3.05) is 13.7 Å². The van der Waals surface area contributed by atoms with Crippen LogP contribution in [0.4, 0.5) is 0 Å². The van der Waals surface area contributed by atoms with Crippen molar-refractivity contribution in [3.8, 4) is 0 Å². The largest absolute Gasteiger partial charge is 0.383 e. The molecule has 17 heavy (non-hydrogen) atoms. The van der Waals surface area contributed by atoms with Gasteiger partial charge in [0.1, 0.15) is 6.04 Å². The van der Waals surface area contributed by atoms with E-state index in [0.29, 0.717) is 0 Å². The molecule has 2 atom stereocenters. The van der Waals surface area contributed by atoms with E-state index in [2.05, 4.69) is 21.2 Å². The SMILES string of the molecule is COCC(N)C(=O)N[C@@H](C)c1ccccc1Br. The molecule has 5 heteroatoms. The van der Waals surface area contributed by atoms with E-state index in [4.69, 9.17) is 10.5 Å². The average molecular weight is 301 g/mol.